The number of hydrogen-bond donors (Lipinski definition) is 3. The second-order valence-corrected chi connectivity index (χ2v) is 6.93. The number of hydrogen-bond acceptors (Lipinski definition) is 4. The van der Waals surface area contributed by atoms with Crippen LogP contribution in [0.5, 0.6) is 0 Å². The standard InChI is InChI=1S/C22H26N4O3/c23-20(18-13-7-8-14-24-18)26-21(27)19(17-11-5-2-6-12-17)25-22(28)29-15-16-9-3-1-4-10-16/h1-6,9-12,18-19,24H,7-8,13-15H2,(H,25,28)(H2,23,26,27). The van der Waals surface area contributed by atoms with Gasteiger partial charge in [-0.3, -0.25) is 4.79 Å². The van der Waals surface area contributed by atoms with Crippen molar-refractivity contribution in [3.05, 3.63) is 71.8 Å². The zero-order valence-corrected chi connectivity index (χ0v) is 16.2. The van der Waals surface area contributed by atoms with Crippen molar-refractivity contribution in [1.29, 1.82) is 0 Å². The van der Waals surface area contributed by atoms with Gasteiger partial charge in [-0.15, -0.1) is 0 Å². The molecule has 1 heterocycles. The lowest BCUT2D eigenvalue weighted by Gasteiger charge is -2.23. The van der Waals surface area contributed by atoms with E-state index in [1.165, 1.54) is 0 Å². The number of alkyl carbamates (subject to hydrolysis) is 1. The Balaban J connectivity index is 1.69. The van der Waals surface area contributed by atoms with Gasteiger partial charge in [0.15, 0.2) is 0 Å². The fourth-order valence-electron chi connectivity index (χ4n) is 3.19. The van der Waals surface area contributed by atoms with Gasteiger partial charge in [-0.05, 0) is 30.5 Å². The van der Waals surface area contributed by atoms with Gasteiger partial charge in [0.25, 0.3) is 5.91 Å². The molecule has 0 saturated carbocycles. The van der Waals surface area contributed by atoms with Gasteiger partial charge in [-0.25, -0.2) is 4.79 Å². The molecule has 2 aromatic carbocycles. The first-order valence-corrected chi connectivity index (χ1v) is 9.77. The number of amides is 2. The Morgan fingerprint density at radius 2 is 1.79 bits per heavy atom. The molecule has 0 radical (unpaired) electrons. The minimum absolute atomic E-state index is 0.111. The summed E-state index contributed by atoms with van der Waals surface area (Å²) in [6.45, 7) is 0.959. The number of piperidine rings is 1. The molecule has 4 N–H and O–H groups in total. The third-order valence-electron chi connectivity index (χ3n) is 4.76. The Morgan fingerprint density at radius 3 is 2.45 bits per heavy atom. The molecule has 0 spiro atoms. The number of carbonyl (C=O) groups is 2. The van der Waals surface area contributed by atoms with Crippen molar-refractivity contribution in [2.75, 3.05) is 6.54 Å². The zero-order valence-electron chi connectivity index (χ0n) is 16.2. The third kappa shape index (κ3) is 6.15. The molecule has 2 aromatic rings. The summed E-state index contributed by atoms with van der Waals surface area (Å²) >= 11 is 0. The van der Waals surface area contributed by atoms with Crippen LogP contribution in [0.3, 0.4) is 0 Å². The summed E-state index contributed by atoms with van der Waals surface area (Å²) < 4.78 is 5.26. The number of ether oxygens (including phenoxy) is 1. The number of nitrogens with two attached hydrogens (primary N) is 1. The second-order valence-electron chi connectivity index (χ2n) is 6.93. The Hall–Kier alpha value is -3.19. The van der Waals surface area contributed by atoms with Crippen LogP contribution in [0, 0.1) is 0 Å². The third-order valence-corrected chi connectivity index (χ3v) is 4.76. The average molecular weight is 394 g/mol. The van der Waals surface area contributed by atoms with Gasteiger partial charge in [0.05, 0.1) is 6.04 Å². The van der Waals surface area contributed by atoms with E-state index < -0.39 is 18.0 Å². The van der Waals surface area contributed by atoms with Gasteiger partial charge in [0.2, 0.25) is 0 Å². The van der Waals surface area contributed by atoms with Crippen molar-refractivity contribution < 1.29 is 14.3 Å². The van der Waals surface area contributed by atoms with Crippen LogP contribution in [0.4, 0.5) is 4.79 Å². The topological polar surface area (TPSA) is 106 Å². The largest absolute Gasteiger partial charge is 0.445 e. The minimum Gasteiger partial charge on any atom is -0.445 e. The van der Waals surface area contributed by atoms with Gasteiger partial charge in [0.1, 0.15) is 18.5 Å². The molecular formula is C22H26N4O3. The molecule has 1 aliphatic heterocycles. The summed E-state index contributed by atoms with van der Waals surface area (Å²) in [4.78, 5) is 29.2. The van der Waals surface area contributed by atoms with Crippen molar-refractivity contribution >= 4 is 17.8 Å². The van der Waals surface area contributed by atoms with Crippen LogP contribution in [0.2, 0.25) is 0 Å². The van der Waals surface area contributed by atoms with E-state index >= 15 is 0 Å². The van der Waals surface area contributed by atoms with Crippen LogP contribution in [0.15, 0.2) is 65.7 Å². The smallest absolute Gasteiger partial charge is 0.408 e. The lowest BCUT2D eigenvalue weighted by molar-refractivity contribution is -0.119. The van der Waals surface area contributed by atoms with Crippen molar-refractivity contribution in [3.8, 4) is 0 Å². The van der Waals surface area contributed by atoms with Crippen molar-refractivity contribution in [2.24, 2.45) is 10.7 Å². The maximum absolute atomic E-state index is 12.8. The van der Waals surface area contributed by atoms with Crippen LogP contribution in [-0.4, -0.2) is 30.4 Å². The molecule has 152 valence electrons. The van der Waals surface area contributed by atoms with E-state index in [2.05, 4.69) is 15.6 Å². The molecule has 7 heteroatoms. The highest BCUT2D eigenvalue weighted by Crippen LogP contribution is 2.16. The fourth-order valence-corrected chi connectivity index (χ4v) is 3.19. The molecule has 2 unspecified atom stereocenters. The van der Waals surface area contributed by atoms with Crippen LogP contribution in [-0.2, 0) is 16.1 Å². The highest BCUT2D eigenvalue weighted by Gasteiger charge is 2.25. The number of nitrogens with zero attached hydrogens (tertiary/aromatic N) is 1. The molecule has 0 aromatic heterocycles. The maximum atomic E-state index is 12.8. The lowest BCUT2D eigenvalue weighted by Crippen LogP contribution is -2.45. The van der Waals surface area contributed by atoms with Gasteiger partial charge < -0.3 is 21.1 Å². The number of rotatable bonds is 6. The van der Waals surface area contributed by atoms with E-state index in [0.29, 0.717) is 5.56 Å². The van der Waals surface area contributed by atoms with Crippen LogP contribution >= 0.6 is 0 Å². The SMILES string of the molecule is NC(=NC(=O)C(NC(=O)OCc1ccccc1)c1ccccc1)C1CCCCN1. The summed E-state index contributed by atoms with van der Waals surface area (Å²) in [5.74, 6) is -0.284. The Kier molecular flexibility index (Phi) is 7.35. The van der Waals surface area contributed by atoms with Gasteiger partial charge in [0, 0.05) is 0 Å². The number of nitrogens with one attached hydrogen (secondary N) is 2. The number of aliphatic imine (C=N–C) groups is 1. The normalized spacial score (nSPS) is 17.9. The average Bonchev–Trinajstić information content (AvgIpc) is 2.78. The summed E-state index contributed by atoms with van der Waals surface area (Å²) in [5.41, 5.74) is 7.52. The minimum atomic E-state index is -0.971. The predicted molar refractivity (Wildman–Crippen MR) is 111 cm³/mol. The highest BCUT2D eigenvalue weighted by atomic mass is 16.5. The molecule has 0 bridgehead atoms. The molecule has 29 heavy (non-hydrogen) atoms. The van der Waals surface area contributed by atoms with E-state index in [1.807, 2.05) is 36.4 Å². The first-order chi connectivity index (χ1) is 14.1. The lowest BCUT2D eigenvalue weighted by atomic mass is 10.0. The van der Waals surface area contributed by atoms with Crippen molar-refractivity contribution in [2.45, 2.75) is 38.0 Å². The molecule has 2 atom stereocenters. The number of benzene rings is 2. The number of amidine groups is 1. The van der Waals surface area contributed by atoms with Crippen LogP contribution < -0.4 is 16.4 Å². The Labute approximate surface area is 170 Å². The summed E-state index contributed by atoms with van der Waals surface area (Å²) in [6, 6.07) is 17.2. The molecule has 1 saturated heterocycles. The molecule has 0 aliphatic carbocycles. The molecule has 1 aliphatic rings. The maximum Gasteiger partial charge on any atom is 0.408 e. The first kappa shape index (κ1) is 20.5. The van der Waals surface area contributed by atoms with E-state index in [-0.39, 0.29) is 18.5 Å². The van der Waals surface area contributed by atoms with E-state index in [4.69, 9.17) is 10.5 Å². The summed E-state index contributed by atoms with van der Waals surface area (Å²) in [6.07, 6.45) is 2.26. The van der Waals surface area contributed by atoms with E-state index in [1.54, 1.807) is 24.3 Å². The van der Waals surface area contributed by atoms with Gasteiger partial charge >= 0.3 is 6.09 Å². The predicted octanol–water partition coefficient (Wildman–Crippen LogP) is 2.68. The van der Waals surface area contributed by atoms with Gasteiger partial charge in [-0.2, -0.15) is 4.99 Å². The molecule has 2 amide bonds. The van der Waals surface area contributed by atoms with Crippen molar-refractivity contribution in [1.82, 2.24) is 10.6 Å². The second kappa shape index (κ2) is 10.4. The van der Waals surface area contributed by atoms with E-state index in [9.17, 15) is 9.59 Å². The summed E-state index contributed by atoms with van der Waals surface area (Å²) in [7, 11) is 0. The van der Waals surface area contributed by atoms with Crippen LogP contribution in [0.25, 0.3) is 0 Å². The molecule has 3 rings (SSSR count). The Bertz CT molecular complexity index is 834. The van der Waals surface area contributed by atoms with Crippen molar-refractivity contribution in [3.63, 3.8) is 0 Å². The van der Waals surface area contributed by atoms with E-state index in [0.717, 1.165) is 31.4 Å². The molecule has 7 nitrogen and oxygen atoms in total. The summed E-state index contributed by atoms with van der Waals surface area (Å²) in [5, 5.41) is 5.88. The highest BCUT2D eigenvalue weighted by molar-refractivity contribution is 5.99. The monoisotopic (exact) mass is 394 g/mol. The fraction of sp³-hybridized carbons (Fsp3) is 0.318. The van der Waals surface area contributed by atoms with Crippen LogP contribution in [0.1, 0.15) is 36.4 Å². The molecule has 1 fully saturated rings. The number of carbonyl (C=O) groups excluding carboxylic acids is 2. The Morgan fingerprint density at radius 1 is 1.10 bits per heavy atom. The quantitative estimate of drug-likeness (QED) is 0.516. The van der Waals surface area contributed by atoms with Gasteiger partial charge in [-0.1, -0.05) is 67.1 Å². The zero-order chi connectivity index (χ0) is 20.5. The molecular weight excluding hydrogens is 368 g/mol. The first-order valence-electron chi connectivity index (χ1n) is 9.77.